The van der Waals surface area contributed by atoms with Gasteiger partial charge in [0.05, 0.1) is 11.3 Å². The molecule has 5 rings (SSSR count). The molecule has 2 heterocycles. The summed E-state index contributed by atoms with van der Waals surface area (Å²) in [5.74, 6) is 0.746. The molecule has 1 saturated carbocycles. The smallest absolute Gasteiger partial charge is 0.233 e. The lowest BCUT2D eigenvalue weighted by Gasteiger charge is -2.34. The fourth-order valence-electron chi connectivity index (χ4n) is 4.33. The molecule has 1 saturated heterocycles. The van der Waals surface area contributed by atoms with E-state index in [9.17, 15) is 9.18 Å². The Hall–Kier alpha value is -2.54. The molecule has 0 spiro atoms. The van der Waals surface area contributed by atoms with Gasteiger partial charge in [-0.25, -0.2) is 4.39 Å². The van der Waals surface area contributed by atoms with Gasteiger partial charge < -0.3 is 9.42 Å². The van der Waals surface area contributed by atoms with Gasteiger partial charge in [-0.2, -0.15) is 4.98 Å². The lowest BCUT2D eigenvalue weighted by Crippen LogP contribution is -2.44. The topological polar surface area (TPSA) is 59.2 Å². The van der Waals surface area contributed by atoms with E-state index >= 15 is 0 Å². The van der Waals surface area contributed by atoms with E-state index in [0.717, 1.165) is 42.3 Å². The first-order valence-electron chi connectivity index (χ1n) is 10.2. The summed E-state index contributed by atoms with van der Waals surface area (Å²) in [6.07, 6.45) is 3.56. The van der Waals surface area contributed by atoms with Crippen molar-refractivity contribution in [2.45, 2.75) is 37.0 Å². The van der Waals surface area contributed by atoms with Crippen LogP contribution in [-0.4, -0.2) is 34.0 Å². The van der Waals surface area contributed by atoms with Crippen LogP contribution in [0.5, 0.6) is 0 Å². The summed E-state index contributed by atoms with van der Waals surface area (Å²) in [5, 5.41) is 4.03. The van der Waals surface area contributed by atoms with E-state index in [0.29, 0.717) is 23.8 Å². The van der Waals surface area contributed by atoms with Gasteiger partial charge in [0, 0.05) is 23.1 Å². The van der Waals surface area contributed by atoms with E-state index in [4.69, 9.17) is 4.52 Å². The Morgan fingerprint density at radius 3 is 2.73 bits per heavy atom. The van der Waals surface area contributed by atoms with E-state index < -0.39 is 0 Å². The van der Waals surface area contributed by atoms with Crippen LogP contribution in [0, 0.1) is 5.82 Å². The summed E-state index contributed by atoms with van der Waals surface area (Å²) in [7, 11) is 0. The van der Waals surface area contributed by atoms with Crippen LogP contribution in [0.1, 0.15) is 43.1 Å². The van der Waals surface area contributed by atoms with Gasteiger partial charge in [-0.05, 0) is 55.5 Å². The highest BCUT2D eigenvalue weighted by atomic mass is 79.9. The highest BCUT2D eigenvalue weighted by Gasteiger charge is 2.53. The van der Waals surface area contributed by atoms with Crippen molar-refractivity contribution in [3.8, 4) is 11.4 Å². The summed E-state index contributed by atoms with van der Waals surface area (Å²) in [6, 6.07) is 14.2. The van der Waals surface area contributed by atoms with Crippen LogP contribution < -0.4 is 0 Å². The molecule has 1 aliphatic heterocycles. The largest absolute Gasteiger partial charge is 0.341 e. The third kappa shape index (κ3) is 3.55. The van der Waals surface area contributed by atoms with E-state index in [2.05, 4.69) is 26.1 Å². The Morgan fingerprint density at radius 1 is 1.20 bits per heavy atom. The molecule has 2 fully saturated rings. The van der Waals surface area contributed by atoms with Crippen LogP contribution in [0.2, 0.25) is 0 Å². The molecule has 1 aromatic heterocycles. The quantitative estimate of drug-likeness (QED) is 0.534. The van der Waals surface area contributed by atoms with Crippen LogP contribution in [0.15, 0.2) is 57.5 Å². The van der Waals surface area contributed by atoms with Crippen molar-refractivity contribution in [3.63, 3.8) is 0 Å². The van der Waals surface area contributed by atoms with Gasteiger partial charge in [0.15, 0.2) is 0 Å². The average molecular weight is 470 g/mol. The molecule has 1 amide bonds. The molecule has 30 heavy (non-hydrogen) atoms. The van der Waals surface area contributed by atoms with Gasteiger partial charge in [-0.15, -0.1) is 0 Å². The fourth-order valence-corrected chi connectivity index (χ4v) is 4.60. The highest BCUT2D eigenvalue weighted by Crippen LogP contribution is 2.50. The molecule has 2 aliphatic rings. The monoisotopic (exact) mass is 469 g/mol. The predicted molar refractivity (Wildman–Crippen MR) is 113 cm³/mol. The molecule has 0 radical (unpaired) electrons. The van der Waals surface area contributed by atoms with Crippen LogP contribution in [0.3, 0.4) is 0 Å². The van der Waals surface area contributed by atoms with E-state index in [1.165, 1.54) is 12.1 Å². The normalized spacial score (nSPS) is 20.2. The van der Waals surface area contributed by atoms with E-state index in [-0.39, 0.29) is 23.1 Å². The molecule has 1 aliphatic carbocycles. The zero-order valence-corrected chi connectivity index (χ0v) is 17.9. The van der Waals surface area contributed by atoms with Crippen molar-refractivity contribution in [3.05, 3.63) is 70.3 Å². The maximum Gasteiger partial charge on any atom is 0.233 e. The van der Waals surface area contributed by atoms with Crippen LogP contribution in [-0.2, 0) is 10.2 Å². The summed E-state index contributed by atoms with van der Waals surface area (Å²) >= 11 is 3.46. The second kappa shape index (κ2) is 7.61. The lowest BCUT2D eigenvalue weighted by molar-refractivity contribution is -0.135. The van der Waals surface area contributed by atoms with E-state index in [1.807, 2.05) is 29.2 Å². The number of carbonyl (C=O) groups is 1. The number of halogens is 2. The highest BCUT2D eigenvalue weighted by molar-refractivity contribution is 9.10. The lowest BCUT2D eigenvalue weighted by atomic mass is 9.91. The molecule has 7 heteroatoms. The molecule has 1 atom stereocenters. The van der Waals surface area contributed by atoms with Gasteiger partial charge in [0.1, 0.15) is 5.82 Å². The maximum atomic E-state index is 13.5. The number of aromatic nitrogens is 2. The summed E-state index contributed by atoms with van der Waals surface area (Å²) in [4.78, 5) is 19.9. The molecule has 0 bridgehead atoms. The van der Waals surface area contributed by atoms with Crippen molar-refractivity contribution in [1.29, 1.82) is 0 Å². The zero-order valence-electron chi connectivity index (χ0n) is 16.4. The van der Waals surface area contributed by atoms with Crippen LogP contribution in [0.4, 0.5) is 4.39 Å². The summed E-state index contributed by atoms with van der Waals surface area (Å²) in [6.45, 7) is 1.32. The van der Waals surface area contributed by atoms with Crippen LogP contribution in [0.25, 0.3) is 11.4 Å². The zero-order chi connectivity index (χ0) is 20.7. The maximum absolute atomic E-state index is 13.5. The number of hydrogen-bond acceptors (Lipinski definition) is 4. The Kier molecular flexibility index (Phi) is 4.93. The molecular formula is C23H21BrFN3O2. The average Bonchev–Trinajstić information content (AvgIpc) is 3.42. The van der Waals surface area contributed by atoms with Crippen molar-refractivity contribution >= 4 is 21.8 Å². The standard InChI is InChI=1S/C23H21BrFN3O2/c24-18-8-6-17(7-9-18)23(10-11-23)22(29)28-12-2-4-16(14-28)21-26-20(27-30-21)15-3-1-5-19(25)13-15/h1,3,5-9,13,16H,2,4,10-12,14H2/t16-/m1/s1. The minimum atomic E-state index is -0.385. The second-order valence-electron chi connectivity index (χ2n) is 8.15. The van der Waals surface area contributed by atoms with Gasteiger partial charge in [0.2, 0.25) is 17.6 Å². The van der Waals surface area contributed by atoms with Crippen molar-refractivity contribution in [2.75, 3.05) is 13.1 Å². The first kappa shape index (κ1) is 19.4. The molecule has 2 aromatic carbocycles. The van der Waals surface area contributed by atoms with Gasteiger partial charge in [-0.1, -0.05) is 45.4 Å². The minimum absolute atomic E-state index is 0.00164. The van der Waals surface area contributed by atoms with Crippen LogP contribution >= 0.6 is 15.9 Å². The number of amides is 1. The van der Waals surface area contributed by atoms with Gasteiger partial charge in [-0.3, -0.25) is 4.79 Å². The second-order valence-corrected chi connectivity index (χ2v) is 9.06. The number of rotatable bonds is 4. The number of benzene rings is 2. The molecule has 3 aromatic rings. The number of piperidine rings is 1. The summed E-state index contributed by atoms with van der Waals surface area (Å²) in [5.41, 5.74) is 1.29. The third-order valence-corrected chi connectivity index (χ3v) is 6.67. The number of nitrogens with zero attached hydrogens (tertiary/aromatic N) is 3. The molecule has 154 valence electrons. The van der Waals surface area contributed by atoms with Gasteiger partial charge in [0.25, 0.3) is 0 Å². The van der Waals surface area contributed by atoms with Crippen molar-refractivity contribution in [2.24, 2.45) is 0 Å². The van der Waals surface area contributed by atoms with Crippen molar-refractivity contribution < 1.29 is 13.7 Å². The number of hydrogen-bond donors (Lipinski definition) is 0. The third-order valence-electron chi connectivity index (χ3n) is 6.14. The van der Waals surface area contributed by atoms with Gasteiger partial charge >= 0.3 is 0 Å². The molecule has 5 nitrogen and oxygen atoms in total. The molecular weight excluding hydrogens is 449 g/mol. The Morgan fingerprint density at radius 2 is 2.00 bits per heavy atom. The SMILES string of the molecule is O=C(N1CCC[C@@H](c2nc(-c3cccc(F)c3)no2)C1)C1(c2ccc(Br)cc2)CC1. The van der Waals surface area contributed by atoms with Crippen molar-refractivity contribution in [1.82, 2.24) is 15.0 Å². The Labute approximate surface area is 182 Å². The number of carbonyl (C=O) groups excluding carboxylic acids is 1. The Balaban J connectivity index is 1.33. The minimum Gasteiger partial charge on any atom is -0.341 e. The molecule has 0 unspecified atom stereocenters. The summed E-state index contributed by atoms with van der Waals surface area (Å²) < 4.78 is 20.0. The molecule has 0 N–H and O–H groups in total. The first-order valence-corrected chi connectivity index (χ1v) is 11.0. The first-order chi connectivity index (χ1) is 14.5. The Bertz CT molecular complexity index is 1080. The van der Waals surface area contributed by atoms with E-state index in [1.54, 1.807) is 12.1 Å². The fraction of sp³-hybridized carbons (Fsp3) is 0.348. The number of likely N-dealkylation sites (tertiary alicyclic amines) is 1. The predicted octanol–water partition coefficient (Wildman–Crippen LogP) is 5.08.